The molecule has 0 saturated carbocycles. The molecular formula is C40H48BrN9O9S. The van der Waals surface area contributed by atoms with Crippen molar-refractivity contribution in [2.75, 3.05) is 49.2 Å². The van der Waals surface area contributed by atoms with Crippen molar-refractivity contribution in [1.82, 2.24) is 29.8 Å². The number of rotatable bonds is 17. The Hall–Kier alpha value is -5.31. The molecule has 0 radical (unpaired) electrons. The molecule has 0 aliphatic carbocycles. The molecule has 320 valence electrons. The van der Waals surface area contributed by atoms with Gasteiger partial charge in [0.05, 0.1) is 44.6 Å². The van der Waals surface area contributed by atoms with Crippen LogP contribution in [0.25, 0.3) is 0 Å². The Bertz CT molecular complexity index is 2320. The maximum absolute atomic E-state index is 13.4. The van der Waals surface area contributed by atoms with Gasteiger partial charge in [-0.2, -0.15) is 4.98 Å². The Morgan fingerprint density at radius 3 is 2.50 bits per heavy atom. The Kier molecular flexibility index (Phi) is 13.7. The highest BCUT2D eigenvalue weighted by Crippen LogP contribution is 2.31. The van der Waals surface area contributed by atoms with Gasteiger partial charge in [0, 0.05) is 44.9 Å². The number of sulfonamides is 1. The van der Waals surface area contributed by atoms with Crippen LogP contribution in [0.5, 0.6) is 0 Å². The van der Waals surface area contributed by atoms with Gasteiger partial charge in [0.25, 0.3) is 17.7 Å². The fourth-order valence-corrected chi connectivity index (χ4v) is 9.10. The lowest BCUT2D eigenvalue weighted by atomic mass is 9.93. The highest BCUT2D eigenvalue weighted by Gasteiger charge is 2.45. The molecule has 6 N–H and O–H groups in total. The zero-order valence-corrected chi connectivity index (χ0v) is 35.9. The molecule has 4 heterocycles. The minimum Gasteiger partial charge on any atom is -0.380 e. The second-order valence-corrected chi connectivity index (χ2v) is 18.5. The number of benzene rings is 2. The van der Waals surface area contributed by atoms with E-state index in [9.17, 15) is 37.2 Å². The lowest BCUT2D eigenvalue weighted by molar-refractivity contribution is -0.136. The first kappa shape index (κ1) is 44.2. The third kappa shape index (κ3) is 9.99. The van der Waals surface area contributed by atoms with Crippen molar-refractivity contribution < 1.29 is 41.9 Å². The number of hydrogen-bond acceptors (Lipinski definition) is 13. The summed E-state index contributed by atoms with van der Waals surface area (Å²) in [5, 5.41) is 11.3. The molecule has 18 nitrogen and oxygen atoms in total. The number of nitrogens with one attached hydrogen (secondary N) is 4. The van der Waals surface area contributed by atoms with Crippen molar-refractivity contribution in [3.05, 3.63) is 74.9 Å². The largest absolute Gasteiger partial charge is 0.380 e. The number of nitrogens with zero attached hydrogens (tertiary/aromatic N) is 4. The number of amides is 6. The summed E-state index contributed by atoms with van der Waals surface area (Å²) in [4.78, 5) is 85.5. The van der Waals surface area contributed by atoms with Crippen LogP contribution in [0.15, 0.2) is 47.1 Å². The Labute approximate surface area is 355 Å². The molecule has 2 fully saturated rings. The average Bonchev–Trinajstić information content (AvgIpc) is 3.45. The molecule has 20 heteroatoms. The maximum Gasteiger partial charge on any atom is 0.262 e. The first-order valence-electron chi connectivity index (χ1n) is 19.6. The minimum atomic E-state index is -3.67. The SMILES string of the molecule is Cc1cccc(Nc2nc(NC3CCN(S(=O)(=O)CCNC(=O)C(C)(C)COCCCc4cccc5c4C(=O)N(C4CCC(=O)NC4=O)C5=O)CC3)ncc2Br)c1C(N)=O. The number of anilines is 3. The van der Waals surface area contributed by atoms with E-state index >= 15 is 0 Å². The van der Waals surface area contributed by atoms with Gasteiger partial charge in [0.1, 0.15) is 11.9 Å². The van der Waals surface area contributed by atoms with Gasteiger partial charge < -0.3 is 26.4 Å². The number of aromatic nitrogens is 2. The molecule has 0 spiro atoms. The van der Waals surface area contributed by atoms with Crippen molar-refractivity contribution in [2.24, 2.45) is 11.1 Å². The highest BCUT2D eigenvalue weighted by atomic mass is 79.9. The summed E-state index contributed by atoms with van der Waals surface area (Å²) in [6.45, 7) is 5.95. The van der Waals surface area contributed by atoms with E-state index in [1.807, 2.05) is 0 Å². The Morgan fingerprint density at radius 2 is 1.78 bits per heavy atom. The van der Waals surface area contributed by atoms with Crippen LogP contribution in [0.1, 0.15) is 88.2 Å². The van der Waals surface area contributed by atoms with E-state index in [0.29, 0.717) is 58.7 Å². The third-order valence-corrected chi connectivity index (χ3v) is 13.2. The van der Waals surface area contributed by atoms with E-state index < -0.39 is 51.0 Å². The van der Waals surface area contributed by atoms with Gasteiger partial charge in [0.15, 0.2) is 0 Å². The second-order valence-electron chi connectivity index (χ2n) is 15.6. The number of halogens is 1. The molecule has 3 aliphatic heterocycles. The van der Waals surface area contributed by atoms with Gasteiger partial charge in [-0.05, 0) is 92.1 Å². The molecule has 6 rings (SSSR count). The van der Waals surface area contributed by atoms with Crippen LogP contribution < -0.4 is 27.0 Å². The standard InChI is InChI=1S/C40H48BrN9O9S/c1-23-7-4-11-28(31(23)33(42)52)46-34-27(41)21-44-39(48-34)45-25-14-17-49(18-15-25)60(57,58)20-16-43-38(56)40(2,3)22-59-19-6-9-24-8-5-10-26-32(24)37(55)50(36(26)54)29-12-13-30(51)47-35(29)53/h4-5,7-8,10-11,21,25,29H,6,9,12-20,22H2,1-3H3,(H2,42,52)(H,43,56)(H,47,51,53)(H2,44,45,46,48). The van der Waals surface area contributed by atoms with Crippen LogP contribution in [0.3, 0.4) is 0 Å². The predicted octanol–water partition coefficient (Wildman–Crippen LogP) is 2.79. The van der Waals surface area contributed by atoms with Crippen LogP contribution >= 0.6 is 15.9 Å². The lowest BCUT2D eigenvalue weighted by Crippen LogP contribution is -2.54. The summed E-state index contributed by atoms with van der Waals surface area (Å²) in [7, 11) is -3.67. The number of imide groups is 2. The van der Waals surface area contributed by atoms with E-state index in [4.69, 9.17) is 10.5 Å². The molecule has 3 aromatic rings. The zero-order chi connectivity index (χ0) is 43.4. The lowest BCUT2D eigenvalue weighted by Gasteiger charge is -2.32. The second kappa shape index (κ2) is 18.5. The van der Waals surface area contributed by atoms with Crippen LogP contribution in [-0.4, -0.2) is 114 Å². The van der Waals surface area contributed by atoms with Crippen molar-refractivity contribution in [1.29, 1.82) is 0 Å². The number of fused-ring (bicyclic) bond motifs is 1. The first-order chi connectivity index (χ1) is 28.5. The van der Waals surface area contributed by atoms with E-state index in [-0.39, 0.29) is 74.5 Å². The third-order valence-electron chi connectivity index (χ3n) is 10.7. The van der Waals surface area contributed by atoms with Crippen molar-refractivity contribution >= 4 is 78.8 Å². The monoisotopic (exact) mass is 909 g/mol. The normalized spacial score (nSPS) is 17.7. The fourth-order valence-electron chi connectivity index (χ4n) is 7.42. The quantitative estimate of drug-likeness (QED) is 0.0967. The molecule has 3 aliphatic rings. The van der Waals surface area contributed by atoms with Crippen molar-refractivity contribution in [3.8, 4) is 0 Å². The smallest absolute Gasteiger partial charge is 0.262 e. The van der Waals surface area contributed by atoms with Gasteiger partial charge >= 0.3 is 0 Å². The summed E-state index contributed by atoms with van der Waals surface area (Å²) in [6.07, 6.45) is 3.56. The predicted molar refractivity (Wildman–Crippen MR) is 224 cm³/mol. The summed E-state index contributed by atoms with van der Waals surface area (Å²) in [5.74, 6) is -2.70. The zero-order valence-electron chi connectivity index (χ0n) is 33.5. The number of primary amides is 1. The summed E-state index contributed by atoms with van der Waals surface area (Å²) < 4.78 is 34.3. The van der Waals surface area contributed by atoms with Gasteiger partial charge in [-0.15, -0.1) is 0 Å². The Morgan fingerprint density at radius 1 is 1.05 bits per heavy atom. The maximum atomic E-state index is 13.4. The molecule has 1 atom stereocenters. The molecule has 0 bridgehead atoms. The number of carbonyl (C=O) groups excluding carboxylic acids is 6. The summed E-state index contributed by atoms with van der Waals surface area (Å²) >= 11 is 3.44. The molecule has 60 heavy (non-hydrogen) atoms. The summed E-state index contributed by atoms with van der Waals surface area (Å²) in [6, 6.07) is 9.14. The molecular weight excluding hydrogens is 862 g/mol. The first-order valence-corrected chi connectivity index (χ1v) is 22.0. The van der Waals surface area contributed by atoms with Crippen LogP contribution in [0, 0.1) is 12.3 Å². The highest BCUT2D eigenvalue weighted by molar-refractivity contribution is 9.10. The number of ether oxygens (including phenoxy) is 1. The number of aryl methyl sites for hydroxylation is 2. The van der Waals surface area contributed by atoms with Crippen molar-refractivity contribution in [2.45, 2.75) is 71.4 Å². The number of hydrogen-bond donors (Lipinski definition) is 5. The minimum absolute atomic E-state index is 0.0335. The van der Waals surface area contributed by atoms with Gasteiger partial charge in [-0.25, -0.2) is 17.7 Å². The molecule has 2 aromatic carbocycles. The molecule has 2 saturated heterocycles. The van der Waals surface area contributed by atoms with E-state index in [1.54, 1.807) is 63.4 Å². The van der Waals surface area contributed by atoms with Gasteiger partial charge in [0.2, 0.25) is 33.7 Å². The topological polar surface area (TPSA) is 252 Å². The van der Waals surface area contributed by atoms with Crippen LogP contribution in [0.4, 0.5) is 17.5 Å². The number of piperidine rings is 2. The fraction of sp³-hybridized carbons (Fsp3) is 0.450. The molecule has 6 amide bonds. The molecule has 1 unspecified atom stereocenters. The van der Waals surface area contributed by atoms with E-state index in [1.165, 1.54) is 4.31 Å². The number of nitrogens with two attached hydrogens (primary N) is 1. The average molecular weight is 911 g/mol. The Balaban J connectivity index is 0.913. The summed E-state index contributed by atoms with van der Waals surface area (Å²) in [5.41, 5.74) is 7.29. The van der Waals surface area contributed by atoms with Gasteiger partial charge in [-0.3, -0.25) is 39.0 Å². The van der Waals surface area contributed by atoms with Crippen LogP contribution in [-0.2, 0) is 35.6 Å². The number of carbonyl (C=O) groups is 6. The van der Waals surface area contributed by atoms with Gasteiger partial charge in [-0.1, -0.05) is 24.3 Å². The van der Waals surface area contributed by atoms with Crippen molar-refractivity contribution in [3.63, 3.8) is 0 Å². The van der Waals surface area contributed by atoms with Crippen LogP contribution in [0.2, 0.25) is 0 Å². The van der Waals surface area contributed by atoms with E-state index in [2.05, 4.69) is 47.2 Å². The van der Waals surface area contributed by atoms with E-state index in [0.717, 1.165) is 10.5 Å². The molecule has 1 aromatic heterocycles.